The summed E-state index contributed by atoms with van der Waals surface area (Å²) in [5.74, 6) is 7.23. The van der Waals surface area contributed by atoms with Crippen molar-refractivity contribution in [1.82, 2.24) is 0 Å². The molecule has 1 atom stereocenters. The van der Waals surface area contributed by atoms with Gasteiger partial charge in [0.1, 0.15) is 5.75 Å². The lowest BCUT2D eigenvalue weighted by atomic mass is 9.77. The van der Waals surface area contributed by atoms with Crippen LogP contribution in [0.3, 0.4) is 0 Å². The summed E-state index contributed by atoms with van der Waals surface area (Å²) in [4.78, 5) is 0. The lowest BCUT2D eigenvalue weighted by Gasteiger charge is -2.31. The van der Waals surface area contributed by atoms with Gasteiger partial charge in [-0.05, 0) is 73.4 Å². The van der Waals surface area contributed by atoms with Gasteiger partial charge in [0, 0.05) is 34.7 Å². The van der Waals surface area contributed by atoms with Crippen molar-refractivity contribution in [2.24, 2.45) is 16.9 Å². The minimum atomic E-state index is -0.0451. The van der Waals surface area contributed by atoms with E-state index in [-0.39, 0.29) is 5.41 Å². The van der Waals surface area contributed by atoms with Gasteiger partial charge < -0.3 is 16.2 Å². The molecule has 2 aromatic carbocycles. The molecular formula is C25H27ClN2O. The average molecular weight is 407 g/mol. The van der Waals surface area contributed by atoms with Gasteiger partial charge in [-0.15, -0.1) is 0 Å². The Bertz CT molecular complexity index is 967. The van der Waals surface area contributed by atoms with Gasteiger partial charge in [0.2, 0.25) is 0 Å². The van der Waals surface area contributed by atoms with Crippen molar-refractivity contribution < 1.29 is 4.74 Å². The Hall–Kier alpha value is -2.51. The van der Waals surface area contributed by atoms with Gasteiger partial charge in [-0.25, -0.2) is 0 Å². The van der Waals surface area contributed by atoms with Crippen LogP contribution in [0.15, 0.2) is 66.3 Å². The molecule has 150 valence electrons. The van der Waals surface area contributed by atoms with Crippen LogP contribution >= 0.6 is 11.6 Å². The van der Waals surface area contributed by atoms with Crippen LogP contribution in [0.5, 0.6) is 5.75 Å². The third-order valence-corrected chi connectivity index (χ3v) is 5.54. The van der Waals surface area contributed by atoms with Crippen molar-refractivity contribution in [3.05, 3.63) is 88.0 Å². The summed E-state index contributed by atoms with van der Waals surface area (Å²) in [6.07, 6.45) is 8.25. The van der Waals surface area contributed by atoms with Crippen LogP contribution in [-0.4, -0.2) is 19.7 Å². The normalized spacial score (nSPS) is 18.0. The molecule has 2 aromatic rings. The summed E-state index contributed by atoms with van der Waals surface area (Å²) in [6.45, 7) is 3.82. The molecule has 0 bridgehead atoms. The highest BCUT2D eigenvalue weighted by atomic mass is 35.5. The highest BCUT2D eigenvalue weighted by molar-refractivity contribution is 6.30. The first kappa shape index (κ1) is 21.2. The van der Waals surface area contributed by atoms with Crippen LogP contribution < -0.4 is 16.2 Å². The second-order valence-electron chi connectivity index (χ2n) is 7.42. The third-order valence-electron chi connectivity index (χ3n) is 5.29. The monoisotopic (exact) mass is 406 g/mol. The van der Waals surface area contributed by atoms with E-state index in [1.54, 1.807) is 0 Å². The summed E-state index contributed by atoms with van der Waals surface area (Å²) >= 11 is 5.91. The molecule has 1 unspecified atom stereocenters. The number of aryl methyl sites for hydroxylation is 1. The Labute approximate surface area is 178 Å². The maximum atomic E-state index is 6.05. The fourth-order valence-electron chi connectivity index (χ4n) is 3.28. The minimum Gasteiger partial charge on any atom is -0.493 e. The predicted octanol–water partition coefficient (Wildman–Crippen LogP) is 4.61. The molecule has 1 aliphatic rings. The van der Waals surface area contributed by atoms with Crippen LogP contribution in [0.4, 0.5) is 0 Å². The molecule has 3 nitrogen and oxygen atoms in total. The molecule has 0 heterocycles. The summed E-state index contributed by atoms with van der Waals surface area (Å²) in [5.41, 5.74) is 15.8. The Morgan fingerprint density at radius 2 is 1.79 bits per heavy atom. The molecule has 0 amide bonds. The molecule has 0 aromatic heterocycles. The van der Waals surface area contributed by atoms with Gasteiger partial charge in [0.25, 0.3) is 0 Å². The Kier molecular flexibility index (Phi) is 7.17. The number of benzene rings is 2. The van der Waals surface area contributed by atoms with E-state index < -0.39 is 0 Å². The SMILES string of the molecule is Cc1cc(C#Cc2ccc(Cl)cc2)ccc1OCCC1(CN)C=CC(CN)=CC1. The number of hydrogen-bond donors (Lipinski definition) is 2. The molecular weight excluding hydrogens is 380 g/mol. The van der Waals surface area contributed by atoms with Crippen LogP contribution in [0.25, 0.3) is 0 Å². The van der Waals surface area contributed by atoms with E-state index in [2.05, 4.69) is 30.1 Å². The van der Waals surface area contributed by atoms with E-state index in [1.165, 1.54) is 5.57 Å². The van der Waals surface area contributed by atoms with Crippen LogP contribution in [0.2, 0.25) is 5.02 Å². The van der Waals surface area contributed by atoms with Crippen molar-refractivity contribution >= 4 is 11.6 Å². The fraction of sp³-hybridized carbons (Fsp3) is 0.280. The van der Waals surface area contributed by atoms with E-state index in [0.29, 0.717) is 24.7 Å². The zero-order valence-corrected chi connectivity index (χ0v) is 17.5. The predicted molar refractivity (Wildman–Crippen MR) is 121 cm³/mol. The first-order valence-corrected chi connectivity index (χ1v) is 10.2. The lowest BCUT2D eigenvalue weighted by Crippen LogP contribution is -2.31. The van der Waals surface area contributed by atoms with Crippen molar-refractivity contribution in [2.75, 3.05) is 19.7 Å². The second-order valence-corrected chi connectivity index (χ2v) is 7.86. The van der Waals surface area contributed by atoms with E-state index in [1.807, 2.05) is 49.4 Å². The Balaban J connectivity index is 1.59. The van der Waals surface area contributed by atoms with Crippen molar-refractivity contribution in [2.45, 2.75) is 19.8 Å². The van der Waals surface area contributed by atoms with Gasteiger partial charge in [-0.2, -0.15) is 0 Å². The molecule has 0 aliphatic heterocycles. The van der Waals surface area contributed by atoms with Gasteiger partial charge >= 0.3 is 0 Å². The Morgan fingerprint density at radius 3 is 2.41 bits per heavy atom. The number of allylic oxidation sites excluding steroid dienone is 1. The minimum absolute atomic E-state index is 0.0451. The molecule has 0 saturated carbocycles. The number of hydrogen-bond acceptors (Lipinski definition) is 3. The van der Waals surface area contributed by atoms with E-state index in [4.69, 9.17) is 27.8 Å². The van der Waals surface area contributed by atoms with E-state index in [9.17, 15) is 0 Å². The zero-order chi connectivity index (χ0) is 20.7. The summed E-state index contributed by atoms with van der Waals surface area (Å²) < 4.78 is 6.05. The molecule has 4 heteroatoms. The van der Waals surface area contributed by atoms with Gasteiger partial charge in [-0.3, -0.25) is 0 Å². The van der Waals surface area contributed by atoms with Crippen molar-refractivity contribution in [1.29, 1.82) is 0 Å². The Morgan fingerprint density at radius 1 is 1.07 bits per heavy atom. The number of nitrogens with two attached hydrogens (primary N) is 2. The lowest BCUT2D eigenvalue weighted by molar-refractivity contribution is 0.239. The van der Waals surface area contributed by atoms with Crippen LogP contribution in [0, 0.1) is 24.2 Å². The summed E-state index contributed by atoms with van der Waals surface area (Å²) in [5, 5.41) is 0.712. The molecule has 1 aliphatic carbocycles. The smallest absolute Gasteiger partial charge is 0.122 e. The third kappa shape index (κ3) is 5.74. The standard InChI is InChI=1S/C25H27ClN2O/c1-19-16-21(3-2-20-4-7-23(26)8-5-20)6-9-24(19)29-15-14-25(18-28)12-10-22(17-27)11-13-25/h4-12,16H,13-15,17-18,27-28H2,1H3. The fourth-order valence-corrected chi connectivity index (χ4v) is 3.40. The molecule has 4 N–H and O–H groups in total. The van der Waals surface area contributed by atoms with Crippen molar-refractivity contribution in [3.8, 4) is 17.6 Å². The maximum absolute atomic E-state index is 6.05. The maximum Gasteiger partial charge on any atom is 0.122 e. The molecule has 0 saturated heterocycles. The second kappa shape index (κ2) is 9.80. The molecule has 0 spiro atoms. The zero-order valence-electron chi connectivity index (χ0n) is 16.7. The van der Waals surface area contributed by atoms with Crippen molar-refractivity contribution in [3.63, 3.8) is 0 Å². The van der Waals surface area contributed by atoms with Gasteiger partial charge in [0.05, 0.1) is 6.61 Å². The summed E-state index contributed by atoms with van der Waals surface area (Å²) in [7, 11) is 0. The average Bonchev–Trinajstić information content (AvgIpc) is 2.75. The topological polar surface area (TPSA) is 61.3 Å². The molecule has 0 radical (unpaired) electrons. The summed E-state index contributed by atoms with van der Waals surface area (Å²) in [6, 6.07) is 13.5. The van der Waals surface area contributed by atoms with E-state index >= 15 is 0 Å². The molecule has 29 heavy (non-hydrogen) atoms. The first-order valence-electron chi connectivity index (χ1n) is 9.83. The highest BCUT2D eigenvalue weighted by Crippen LogP contribution is 2.32. The molecule has 3 rings (SSSR count). The first-order chi connectivity index (χ1) is 14.0. The van der Waals surface area contributed by atoms with Gasteiger partial charge in [-0.1, -0.05) is 41.7 Å². The highest BCUT2D eigenvalue weighted by Gasteiger charge is 2.26. The van der Waals surface area contributed by atoms with Crippen LogP contribution in [0.1, 0.15) is 29.5 Å². The quantitative estimate of drug-likeness (QED) is 0.689. The van der Waals surface area contributed by atoms with Crippen LogP contribution in [-0.2, 0) is 0 Å². The molecule has 0 fully saturated rings. The largest absolute Gasteiger partial charge is 0.493 e. The number of halogens is 1. The van der Waals surface area contributed by atoms with Gasteiger partial charge in [0.15, 0.2) is 0 Å². The number of rotatable bonds is 6. The van der Waals surface area contributed by atoms with E-state index in [0.717, 1.165) is 35.3 Å². The number of ether oxygens (including phenoxy) is 1.